The van der Waals surface area contributed by atoms with E-state index in [0.717, 1.165) is 16.6 Å². The first-order chi connectivity index (χ1) is 21.3. The summed E-state index contributed by atoms with van der Waals surface area (Å²) in [6.45, 7) is -1.57. The number of allylic oxidation sites excluding steroid dienone is 1. The van der Waals surface area contributed by atoms with E-state index in [4.69, 9.17) is 0 Å². The second kappa shape index (κ2) is 11.2. The normalized spacial score (nSPS) is 20.1. The Labute approximate surface area is 254 Å². The molecule has 0 radical (unpaired) electrons. The molecule has 0 saturated heterocycles. The van der Waals surface area contributed by atoms with Gasteiger partial charge in [-0.15, -0.1) is 5.10 Å². The first-order valence-electron chi connectivity index (χ1n) is 13.9. The number of rotatable bonds is 8. The quantitative estimate of drug-likeness (QED) is 0.203. The SMILES string of the molecule is Cn1cnc(S(=O)(=O)N(CCF)[C@H]2CCC3=Cc4c(cnn4-c4ccc(F)cc4)C[C@]3(C(=O)c3cc(C(F)(F)F)ccn3)C2)n1. The summed E-state index contributed by atoms with van der Waals surface area (Å²) in [6, 6.07) is 6.13. The Balaban J connectivity index is 1.46. The van der Waals surface area contributed by atoms with Crippen LogP contribution in [-0.4, -0.2) is 67.3 Å². The van der Waals surface area contributed by atoms with Gasteiger partial charge in [0.15, 0.2) is 5.78 Å². The summed E-state index contributed by atoms with van der Waals surface area (Å²) in [5, 5.41) is 7.78. The number of benzene rings is 1. The zero-order valence-corrected chi connectivity index (χ0v) is 24.6. The summed E-state index contributed by atoms with van der Waals surface area (Å²) < 4.78 is 99.3. The Morgan fingerprint density at radius 2 is 1.91 bits per heavy atom. The fourth-order valence-corrected chi connectivity index (χ4v) is 7.72. The molecule has 0 spiro atoms. The lowest BCUT2D eigenvalue weighted by Crippen LogP contribution is -2.51. The number of Topliss-reactive ketones (excluding diaryl/α,β-unsaturated/α-hetero) is 1. The Morgan fingerprint density at radius 1 is 1.16 bits per heavy atom. The van der Waals surface area contributed by atoms with E-state index >= 15 is 0 Å². The van der Waals surface area contributed by atoms with E-state index < -0.39 is 68.9 Å². The molecule has 0 bridgehead atoms. The van der Waals surface area contributed by atoms with Crippen molar-refractivity contribution in [3.63, 3.8) is 0 Å². The molecule has 16 heteroatoms. The first-order valence-corrected chi connectivity index (χ1v) is 15.3. The van der Waals surface area contributed by atoms with Crippen LogP contribution in [0, 0.1) is 11.2 Å². The molecule has 2 aliphatic carbocycles. The molecule has 2 atom stereocenters. The highest BCUT2D eigenvalue weighted by Crippen LogP contribution is 2.51. The number of alkyl halides is 4. The number of aryl methyl sites for hydroxylation is 1. The van der Waals surface area contributed by atoms with Crippen molar-refractivity contribution in [3.05, 3.63) is 89.0 Å². The minimum absolute atomic E-state index is 0.0338. The number of carbonyl (C=O) groups excluding carboxylic acids is 1. The number of hydrogen-bond acceptors (Lipinski definition) is 7. The van der Waals surface area contributed by atoms with Crippen molar-refractivity contribution in [2.24, 2.45) is 12.5 Å². The molecule has 236 valence electrons. The number of halogens is 5. The van der Waals surface area contributed by atoms with Crippen molar-refractivity contribution >= 4 is 21.9 Å². The van der Waals surface area contributed by atoms with Gasteiger partial charge in [0.25, 0.3) is 15.2 Å². The van der Waals surface area contributed by atoms with Crippen LogP contribution in [0.3, 0.4) is 0 Å². The minimum Gasteiger partial charge on any atom is -0.291 e. The Kier molecular flexibility index (Phi) is 7.67. The summed E-state index contributed by atoms with van der Waals surface area (Å²) in [5.41, 5.74) is -0.754. The fraction of sp³-hybridized carbons (Fsp3) is 0.345. The molecular formula is C29H26F5N7O3S. The zero-order valence-electron chi connectivity index (χ0n) is 23.7. The van der Waals surface area contributed by atoms with Crippen LogP contribution >= 0.6 is 0 Å². The number of carbonyl (C=O) groups is 1. The van der Waals surface area contributed by atoms with Gasteiger partial charge in [-0.2, -0.15) is 22.6 Å². The van der Waals surface area contributed by atoms with Gasteiger partial charge in [-0.05, 0) is 73.7 Å². The molecule has 3 aromatic heterocycles. The minimum atomic E-state index is -4.73. The van der Waals surface area contributed by atoms with Gasteiger partial charge in [0.1, 0.15) is 24.5 Å². The highest BCUT2D eigenvalue weighted by Gasteiger charge is 2.52. The number of fused-ring (bicyclic) bond motifs is 2. The number of sulfonamides is 1. The van der Waals surface area contributed by atoms with Crippen LogP contribution in [-0.2, 0) is 29.7 Å². The molecule has 0 aliphatic heterocycles. The number of hydrogen-bond donors (Lipinski definition) is 0. The maximum atomic E-state index is 14.4. The Bertz CT molecular complexity index is 1900. The first kappa shape index (κ1) is 30.7. The lowest BCUT2D eigenvalue weighted by atomic mass is 9.60. The molecule has 1 saturated carbocycles. The summed E-state index contributed by atoms with van der Waals surface area (Å²) >= 11 is 0. The predicted molar refractivity (Wildman–Crippen MR) is 150 cm³/mol. The van der Waals surface area contributed by atoms with Crippen molar-refractivity contribution in [2.45, 2.75) is 43.1 Å². The number of nitrogens with zero attached hydrogens (tertiary/aromatic N) is 7. The smallest absolute Gasteiger partial charge is 0.291 e. The number of aromatic nitrogens is 6. The van der Waals surface area contributed by atoms with E-state index in [2.05, 4.69) is 20.2 Å². The second-order valence-electron chi connectivity index (χ2n) is 11.0. The maximum absolute atomic E-state index is 14.4. The highest BCUT2D eigenvalue weighted by atomic mass is 32.2. The fourth-order valence-electron chi connectivity index (χ4n) is 6.22. The van der Waals surface area contributed by atoms with E-state index in [9.17, 15) is 35.2 Å². The van der Waals surface area contributed by atoms with Crippen LogP contribution < -0.4 is 0 Å². The molecule has 1 fully saturated rings. The van der Waals surface area contributed by atoms with Gasteiger partial charge in [0.2, 0.25) is 0 Å². The van der Waals surface area contributed by atoms with Gasteiger partial charge in [-0.25, -0.2) is 26.9 Å². The van der Waals surface area contributed by atoms with Crippen LogP contribution in [0.25, 0.3) is 11.8 Å². The van der Waals surface area contributed by atoms with Crippen molar-refractivity contribution in [1.29, 1.82) is 0 Å². The standard InChI is InChI=1S/C29H26F5N7O3S/c1-39-17-36-27(38-39)45(43,44)40(11-9-30)23-5-2-19-13-25-18(16-37-41(25)22-6-3-21(31)4-7-22)14-28(19,15-23)26(42)24-12-20(8-10-35-24)29(32,33)34/h3-4,6-8,10,12-13,16-17,23H,2,5,9,11,14-15H2,1H3/t23-,28-/m0/s1. The van der Waals surface area contributed by atoms with Gasteiger partial charge in [-0.1, -0.05) is 5.57 Å². The lowest BCUT2D eigenvalue weighted by molar-refractivity contribution is -0.137. The van der Waals surface area contributed by atoms with Crippen molar-refractivity contribution < 1.29 is 35.2 Å². The molecule has 6 rings (SSSR count). The van der Waals surface area contributed by atoms with E-state index in [0.29, 0.717) is 28.6 Å². The monoisotopic (exact) mass is 647 g/mol. The summed E-state index contributed by atoms with van der Waals surface area (Å²) in [7, 11) is -2.93. The molecule has 0 N–H and O–H groups in total. The molecule has 3 heterocycles. The van der Waals surface area contributed by atoms with E-state index in [1.165, 1.54) is 48.5 Å². The average molecular weight is 648 g/mol. The van der Waals surface area contributed by atoms with Crippen molar-refractivity contribution in [3.8, 4) is 5.69 Å². The van der Waals surface area contributed by atoms with Gasteiger partial charge in [0, 0.05) is 25.8 Å². The Hall–Kier alpha value is -4.31. The third-order valence-corrected chi connectivity index (χ3v) is 10.0. The van der Waals surface area contributed by atoms with E-state index in [1.54, 1.807) is 10.8 Å². The molecule has 0 unspecified atom stereocenters. The van der Waals surface area contributed by atoms with Gasteiger partial charge >= 0.3 is 6.18 Å². The predicted octanol–water partition coefficient (Wildman–Crippen LogP) is 4.58. The third kappa shape index (κ3) is 5.45. The molecule has 10 nitrogen and oxygen atoms in total. The molecule has 0 amide bonds. The molecular weight excluding hydrogens is 621 g/mol. The van der Waals surface area contributed by atoms with Crippen LogP contribution in [0.4, 0.5) is 22.0 Å². The zero-order chi connectivity index (χ0) is 32.1. The van der Waals surface area contributed by atoms with Gasteiger partial charge in [0.05, 0.1) is 28.6 Å². The average Bonchev–Trinajstić information content (AvgIpc) is 3.64. The largest absolute Gasteiger partial charge is 0.416 e. The number of pyridine rings is 1. The third-order valence-electron chi connectivity index (χ3n) is 8.29. The van der Waals surface area contributed by atoms with Crippen molar-refractivity contribution in [1.82, 2.24) is 33.8 Å². The Morgan fingerprint density at radius 3 is 2.58 bits per heavy atom. The van der Waals surface area contributed by atoms with Crippen LogP contribution in [0.1, 0.15) is 46.6 Å². The van der Waals surface area contributed by atoms with Crippen molar-refractivity contribution in [2.75, 3.05) is 13.2 Å². The topological polar surface area (TPSA) is 116 Å². The molecule has 45 heavy (non-hydrogen) atoms. The number of ketones is 1. The summed E-state index contributed by atoms with van der Waals surface area (Å²) in [5.74, 6) is -1.17. The van der Waals surface area contributed by atoms with Gasteiger partial charge in [-0.3, -0.25) is 14.5 Å². The van der Waals surface area contributed by atoms with E-state index in [-0.39, 0.29) is 25.7 Å². The van der Waals surface area contributed by atoms with Crippen LogP contribution in [0.2, 0.25) is 0 Å². The molecule has 1 aromatic carbocycles. The van der Waals surface area contributed by atoms with Crippen LogP contribution in [0.15, 0.2) is 65.8 Å². The molecule has 4 aromatic rings. The summed E-state index contributed by atoms with van der Waals surface area (Å²) in [6.07, 6.45) is 0.749. The lowest BCUT2D eigenvalue weighted by Gasteiger charge is -2.46. The maximum Gasteiger partial charge on any atom is 0.416 e. The molecule has 2 aliphatic rings. The van der Waals surface area contributed by atoms with Crippen LogP contribution in [0.5, 0.6) is 0 Å². The summed E-state index contributed by atoms with van der Waals surface area (Å²) in [4.78, 5) is 22.2. The highest BCUT2D eigenvalue weighted by molar-refractivity contribution is 7.89. The second-order valence-corrected chi connectivity index (χ2v) is 12.8. The van der Waals surface area contributed by atoms with E-state index in [1.807, 2.05) is 0 Å². The van der Waals surface area contributed by atoms with Gasteiger partial charge < -0.3 is 0 Å².